The molecule has 0 spiro atoms. The lowest BCUT2D eigenvalue weighted by Gasteiger charge is -2.34. The molecule has 1 atom stereocenters. The Hall–Kier alpha value is -2.98. The van der Waals surface area contributed by atoms with Crippen LogP contribution in [0.25, 0.3) is 0 Å². The van der Waals surface area contributed by atoms with Gasteiger partial charge in [-0.2, -0.15) is 0 Å². The normalized spacial score (nSPS) is 14.5. The third-order valence-electron chi connectivity index (χ3n) is 7.72. The van der Waals surface area contributed by atoms with E-state index in [1.807, 2.05) is 6.92 Å². The van der Waals surface area contributed by atoms with Crippen LogP contribution in [-0.4, -0.2) is 50.9 Å². The molecule has 44 heavy (non-hydrogen) atoms. The van der Waals surface area contributed by atoms with Crippen LogP contribution in [0, 0.1) is 0 Å². The summed E-state index contributed by atoms with van der Waals surface area (Å²) in [4.78, 5) is 29.3. The standard InChI is InChI=1S/C32H36Cl3N3O5S/c1-3-30(32(40)36-24-7-5-4-6-8-24)37(20-22-9-18-28(34)29(35)19-22)31(39)21-38(25-12-10-23(33)11-13-25)44(41,42)27-16-14-26(43-2)15-17-27/h9-19,24,30H,3-8,20-21H2,1-2H3,(H,36,40)/t30-/m1/s1. The summed E-state index contributed by atoms with van der Waals surface area (Å²) in [6, 6.07) is 16.3. The number of hydrogen-bond donors (Lipinski definition) is 1. The largest absolute Gasteiger partial charge is 0.497 e. The molecule has 0 aromatic heterocycles. The summed E-state index contributed by atoms with van der Waals surface area (Å²) in [5, 5.41) is 4.20. The Bertz CT molecular complexity index is 1550. The van der Waals surface area contributed by atoms with Crippen molar-refractivity contribution in [2.75, 3.05) is 18.0 Å². The van der Waals surface area contributed by atoms with E-state index in [1.165, 1.54) is 48.4 Å². The van der Waals surface area contributed by atoms with Gasteiger partial charge in [0.25, 0.3) is 10.0 Å². The maximum atomic E-state index is 14.3. The van der Waals surface area contributed by atoms with Crippen LogP contribution in [0.5, 0.6) is 5.75 Å². The fourth-order valence-corrected chi connectivity index (χ4v) is 7.17. The molecule has 3 aromatic carbocycles. The number of ether oxygens (including phenoxy) is 1. The summed E-state index contributed by atoms with van der Waals surface area (Å²) < 4.78 is 34.3. The smallest absolute Gasteiger partial charge is 0.264 e. The van der Waals surface area contributed by atoms with Crippen molar-refractivity contribution in [3.05, 3.63) is 87.4 Å². The van der Waals surface area contributed by atoms with Gasteiger partial charge < -0.3 is 15.0 Å². The summed E-state index contributed by atoms with van der Waals surface area (Å²) in [6.07, 6.45) is 5.28. The first kappa shape index (κ1) is 33.9. The highest BCUT2D eigenvalue weighted by atomic mass is 35.5. The maximum absolute atomic E-state index is 14.3. The lowest BCUT2D eigenvalue weighted by molar-refractivity contribution is -0.140. The quantitative estimate of drug-likeness (QED) is 0.220. The van der Waals surface area contributed by atoms with Crippen LogP contribution in [0.15, 0.2) is 71.6 Å². The van der Waals surface area contributed by atoms with Gasteiger partial charge in [-0.3, -0.25) is 13.9 Å². The highest BCUT2D eigenvalue weighted by Crippen LogP contribution is 2.28. The lowest BCUT2D eigenvalue weighted by atomic mass is 9.95. The Labute approximate surface area is 274 Å². The first-order valence-corrected chi connectivity index (χ1v) is 17.1. The van der Waals surface area contributed by atoms with Crippen LogP contribution >= 0.6 is 34.8 Å². The number of rotatable bonds is 12. The molecular formula is C32H36Cl3N3O5S. The fraction of sp³-hybridized carbons (Fsp3) is 0.375. The van der Waals surface area contributed by atoms with E-state index in [4.69, 9.17) is 39.5 Å². The predicted octanol–water partition coefficient (Wildman–Crippen LogP) is 7.11. The number of carbonyl (C=O) groups is 2. The number of anilines is 1. The molecule has 1 aliphatic rings. The molecule has 1 fully saturated rings. The van der Waals surface area contributed by atoms with Gasteiger partial charge in [-0.25, -0.2) is 8.42 Å². The molecule has 0 saturated heterocycles. The molecule has 0 radical (unpaired) electrons. The van der Waals surface area contributed by atoms with Crippen molar-refractivity contribution in [1.29, 1.82) is 0 Å². The molecule has 1 saturated carbocycles. The summed E-state index contributed by atoms with van der Waals surface area (Å²) in [5.41, 5.74) is 0.889. The number of hydrogen-bond acceptors (Lipinski definition) is 5. The summed E-state index contributed by atoms with van der Waals surface area (Å²) >= 11 is 18.5. The summed E-state index contributed by atoms with van der Waals surface area (Å²) in [6.45, 7) is 1.28. The van der Waals surface area contributed by atoms with Crippen LogP contribution in [-0.2, 0) is 26.2 Å². The Morgan fingerprint density at radius 1 is 0.932 bits per heavy atom. The first-order valence-electron chi connectivity index (χ1n) is 14.5. The first-order chi connectivity index (χ1) is 21.0. The molecule has 1 N–H and O–H groups in total. The van der Waals surface area contributed by atoms with E-state index in [2.05, 4.69) is 5.32 Å². The minimum absolute atomic E-state index is 0.0172. The van der Waals surface area contributed by atoms with E-state index in [1.54, 1.807) is 30.3 Å². The van der Waals surface area contributed by atoms with Crippen LogP contribution in [0.3, 0.4) is 0 Å². The number of amides is 2. The summed E-state index contributed by atoms with van der Waals surface area (Å²) in [5.74, 6) is -0.349. The Morgan fingerprint density at radius 2 is 1.59 bits per heavy atom. The molecule has 0 heterocycles. The van der Waals surface area contributed by atoms with Crippen LogP contribution < -0.4 is 14.4 Å². The molecule has 1 aliphatic carbocycles. The molecule has 236 valence electrons. The zero-order valence-corrected chi connectivity index (χ0v) is 27.7. The Kier molecular flexibility index (Phi) is 11.8. The minimum atomic E-state index is -4.23. The van der Waals surface area contributed by atoms with Crippen molar-refractivity contribution in [3.63, 3.8) is 0 Å². The molecule has 3 aromatic rings. The van der Waals surface area contributed by atoms with Crippen molar-refractivity contribution < 1.29 is 22.7 Å². The van der Waals surface area contributed by atoms with Gasteiger partial charge in [-0.1, -0.05) is 67.1 Å². The molecule has 4 rings (SSSR count). The second kappa shape index (κ2) is 15.3. The number of halogens is 3. The van der Waals surface area contributed by atoms with Gasteiger partial charge in [-0.05, 0) is 85.5 Å². The number of sulfonamides is 1. The Morgan fingerprint density at radius 3 is 2.18 bits per heavy atom. The molecule has 0 aliphatic heterocycles. The van der Waals surface area contributed by atoms with E-state index in [0.29, 0.717) is 32.8 Å². The highest BCUT2D eigenvalue weighted by molar-refractivity contribution is 7.92. The Balaban J connectivity index is 1.71. The van der Waals surface area contributed by atoms with E-state index >= 15 is 0 Å². The molecule has 8 nitrogen and oxygen atoms in total. The number of nitrogens with one attached hydrogen (secondary N) is 1. The lowest BCUT2D eigenvalue weighted by Crippen LogP contribution is -2.54. The second-order valence-electron chi connectivity index (χ2n) is 10.7. The zero-order chi connectivity index (χ0) is 31.9. The van der Waals surface area contributed by atoms with Crippen molar-refractivity contribution in [2.24, 2.45) is 0 Å². The maximum Gasteiger partial charge on any atom is 0.264 e. The molecule has 12 heteroatoms. The van der Waals surface area contributed by atoms with Crippen molar-refractivity contribution in [2.45, 2.75) is 69.0 Å². The van der Waals surface area contributed by atoms with E-state index in [0.717, 1.165) is 36.4 Å². The summed E-state index contributed by atoms with van der Waals surface area (Å²) in [7, 11) is -2.75. The number of benzene rings is 3. The highest BCUT2D eigenvalue weighted by Gasteiger charge is 2.34. The van der Waals surface area contributed by atoms with Crippen LogP contribution in [0.4, 0.5) is 5.69 Å². The minimum Gasteiger partial charge on any atom is -0.497 e. The van der Waals surface area contributed by atoms with Crippen LogP contribution in [0.2, 0.25) is 15.1 Å². The van der Waals surface area contributed by atoms with E-state index < -0.39 is 28.5 Å². The predicted molar refractivity (Wildman–Crippen MR) is 175 cm³/mol. The molecule has 0 bridgehead atoms. The molecule has 0 unspecified atom stereocenters. The third-order valence-corrected chi connectivity index (χ3v) is 10.5. The van der Waals surface area contributed by atoms with Gasteiger partial charge in [0, 0.05) is 17.6 Å². The second-order valence-corrected chi connectivity index (χ2v) is 13.8. The molecule has 2 amide bonds. The van der Waals surface area contributed by atoms with Crippen molar-refractivity contribution in [1.82, 2.24) is 10.2 Å². The van der Waals surface area contributed by atoms with Gasteiger partial charge in [0.15, 0.2) is 0 Å². The number of methoxy groups -OCH3 is 1. The number of carbonyl (C=O) groups excluding carboxylic acids is 2. The van der Waals surface area contributed by atoms with Gasteiger partial charge in [0.1, 0.15) is 18.3 Å². The average Bonchev–Trinajstić information content (AvgIpc) is 3.02. The van der Waals surface area contributed by atoms with Gasteiger partial charge in [0.05, 0.1) is 27.7 Å². The van der Waals surface area contributed by atoms with Crippen molar-refractivity contribution >= 4 is 62.3 Å². The van der Waals surface area contributed by atoms with E-state index in [9.17, 15) is 18.0 Å². The SMILES string of the molecule is CC[C@H](C(=O)NC1CCCCC1)N(Cc1ccc(Cl)c(Cl)c1)C(=O)CN(c1ccc(Cl)cc1)S(=O)(=O)c1ccc(OC)cc1. The zero-order valence-electron chi connectivity index (χ0n) is 24.6. The molecular weight excluding hydrogens is 645 g/mol. The average molecular weight is 681 g/mol. The topological polar surface area (TPSA) is 96.0 Å². The fourth-order valence-electron chi connectivity index (χ4n) is 5.31. The van der Waals surface area contributed by atoms with Crippen LogP contribution in [0.1, 0.15) is 51.0 Å². The van der Waals surface area contributed by atoms with Gasteiger partial charge in [0.2, 0.25) is 11.8 Å². The van der Waals surface area contributed by atoms with E-state index in [-0.39, 0.29) is 29.1 Å². The third kappa shape index (κ3) is 8.38. The van der Waals surface area contributed by atoms with Crippen molar-refractivity contribution in [3.8, 4) is 5.75 Å². The monoisotopic (exact) mass is 679 g/mol. The van der Waals surface area contributed by atoms with Gasteiger partial charge >= 0.3 is 0 Å². The number of nitrogens with zero attached hydrogens (tertiary/aromatic N) is 2. The van der Waals surface area contributed by atoms with Gasteiger partial charge in [-0.15, -0.1) is 0 Å².